The third-order valence-corrected chi connectivity index (χ3v) is 8.05. The number of benzene rings is 1. The summed E-state index contributed by atoms with van der Waals surface area (Å²) in [5.41, 5.74) is -1.48. The third-order valence-electron chi connectivity index (χ3n) is 5.39. The van der Waals surface area contributed by atoms with Crippen LogP contribution in [0.25, 0.3) is 0 Å². The summed E-state index contributed by atoms with van der Waals surface area (Å²) in [6.07, 6.45) is 0.661. The number of aromatic nitrogens is 1. The van der Waals surface area contributed by atoms with Gasteiger partial charge in [-0.25, -0.2) is 13.4 Å². The topological polar surface area (TPSA) is 97.2 Å². The molecule has 2 aliphatic heterocycles. The van der Waals surface area contributed by atoms with Crippen LogP contribution in [0.1, 0.15) is 0 Å². The van der Waals surface area contributed by atoms with Gasteiger partial charge in [0.2, 0.25) is 10.0 Å². The average Bonchev–Trinajstić information content (AvgIpc) is 3.32. The van der Waals surface area contributed by atoms with E-state index in [0.717, 1.165) is 31.3 Å². The maximum Gasteiger partial charge on any atom is 0.243 e. The van der Waals surface area contributed by atoms with E-state index < -0.39 is 21.7 Å². The predicted octanol–water partition coefficient (Wildman–Crippen LogP) is 0.0616. The van der Waals surface area contributed by atoms with Crippen molar-refractivity contribution < 1.29 is 18.6 Å². The van der Waals surface area contributed by atoms with Crippen molar-refractivity contribution in [1.82, 2.24) is 14.2 Å². The number of aliphatic hydroxyl groups excluding tert-OH is 1. The van der Waals surface area contributed by atoms with Crippen LogP contribution in [0.2, 0.25) is 0 Å². The highest BCUT2D eigenvalue weighted by atomic mass is 32.2. The number of piperazine rings is 1. The lowest BCUT2D eigenvalue weighted by molar-refractivity contribution is -0.0615. The summed E-state index contributed by atoms with van der Waals surface area (Å²) in [4.78, 5) is 8.77. The molecule has 0 aliphatic carbocycles. The summed E-state index contributed by atoms with van der Waals surface area (Å²) in [6, 6.07) is 8.12. The molecule has 0 saturated carbocycles. The lowest BCUT2D eigenvalue weighted by Crippen LogP contribution is -2.56. The highest BCUT2D eigenvalue weighted by molar-refractivity contribution is 7.89. The Morgan fingerprint density at radius 2 is 1.89 bits per heavy atom. The normalized spacial score (nSPS) is 27.4. The molecular formula is C18H24N4O4S2. The van der Waals surface area contributed by atoms with Gasteiger partial charge in [-0.3, -0.25) is 4.90 Å². The molecule has 152 valence electrons. The first kappa shape index (κ1) is 19.7. The quantitative estimate of drug-likeness (QED) is 0.701. The first-order valence-corrected chi connectivity index (χ1v) is 11.5. The number of rotatable bonds is 5. The molecule has 0 spiro atoms. The minimum atomic E-state index is -3.74. The van der Waals surface area contributed by atoms with Crippen LogP contribution in [-0.4, -0.2) is 90.3 Å². The maximum atomic E-state index is 12.8. The molecule has 0 unspecified atom stereocenters. The monoisotopic (exact) mass is 424 g/mol. The molecule has 2 atom stereocenters. The Hall–Kier alpha value is -1.56. The fourth-order valence-electron chi connectivity index (χ4n) is 3.77. The van der Waals surface area contributed by atoms with E-state index in [1.807, 2.05) is 5.38 Å². The molecule has 1 aromatic heterocycles. The first-order valence-electron chi connectivity index (χ1n) is 9.21. The molecule has 0 amide bonds. The maximum absolute atomic E-state index is 12.8. The smallest absolute Gasteiger partial charge is 0.243 e. The largest absolute Gasteiger partial charge is 0.389 e. The zero-order valence-electron chi connectivity index (χ0n) is 15.4. The van der Waals surface area contributed by atoms with Crippen molar-refractivity contribution in [2.45, 2.75) is 16.6 Å². The number of hydrogen-bond acceptors (Lipinski definition) is 8. The summed E-state index contributed by atoms with van der Waals surface area (Å²) in [5, 5.41) is 24.4. The molecule has 0 radical (unpaired) electrons. The van der Waals surface area contributed by atoms with Gasteiger partial charge in [-0.2, -0.15) is 4.31 Å². The predicted molar refractivity (Wildman–Crippen MR) is 107 cm³/mol. The summed E-state index contributed by atoms with van der Waals surface area (Å²) in [5.74, 6) is 0. The summed E-state index contributed by atoms with van der Waals surface area (Å²) in [6.45, 7) is 3.03. The van der Waals surface area contributed by atoms with Crippen LogP contribution in [0.3, 0.4) is 0 Å². The molecule has 10 heteroatoms. The van der Waals surface area contributed by atoms with E-state index in [0.29, 0.717) is 0 Å². The van der Waals surface area contributed by atoms with Crippen molar-refractivity contribution in [3.05, 3.63) is 41.9 Å². The molecular weight excluding hydrogens is 400 g/mol. The van der Waals surface area contributed by atoms with Gasteiger partial charge in [0.25, 0.3) is 0 Å². The molecule has 2 fully saturated rings. The van der Waals surface area contributed by atoms with E-state index in [9.17, 15) is 18.6 Å². The van der Waals surface area contributed by atoms with Crippen LogP contribution >= 0.6 is 11.3 Å². The van der Waals surface area contributed by atoms with Gasteiger partial charge in [0.15, 0.2) is 5.13 Å². The number of anilines is 1. The van der Waals surface area contributed by atoms with Crippen LogP contribution in [0.5, 0.6) is 0 Å². The van der Waals surface area contributed by atoms with Gasteiger partial charge in [0.1, 0.15) is 5.60 Å². The Morgan fingerprint density at radius 3 is 2.54 bits per heavy atom. The Labute approximate surface area is 168 Å². The van der Waals surface area contributed by atoms with Crippen molar-refractivity contribution in [2.75, 3.05) is 50.7 Å². The second-order valence-electron chi connectivity index (χ2n) is 7.31. The number of thiazole rings is 1. The summed E-state index contributed by atoms with van der Waals surface area (Å²) in [7, 11) is -3.74. The SMILES string of the molecule is O=S(=O)(c1ccccc1)N1C[C@@H](O)[C@](O)(CN2CCN(c3nccs3)CC2)C1. The lowest BCUT2D eigenvalue weighted by atomic mass is 9.99. The molecule has 2 saturated heterocycles. The molecule has 2 N–H and O–H groups in total. The number of aliphatic hydroxyl groups is 2. The van der Waals surface area contributed by atoms with Gasteiger partial charge in [-0.15, -0.1) is 11.3 Å². The van der Waals surface area contributed by atoms with E-state index in [1.54, 1.807) is 35.7 Å². The summed E-state index contributed by atoms with van der Waals surface area (Å²) >= 11 is 1.60. The van der Waals surface area contributed by atoms with Crippen molar-refractivity contribution in [1.29, 1.82) is 0 Å². The molecule has 1 aromatic carbocycles. The fraction of sp³-hybridized carbons (Fsp3) is 0.500. The Balaban J connectivity index is 1.40. The Morgan fingerprint density at radius 1 is 1.18 bits per heavy atom. The van der Waals surface area contributed by atoms with E-state index in [4.69, 9.17) is 0 Å². The van der Waals surface area contributed by atoms with Gasteiger partial charge in [-0.1, -0.05) is 18.2 Å². The standard InChI is InChI=1S/C18H24N4O4S2/c23-16-12-22(28(25,26)15-4-2-1-3-5-15)14-18(16,24)13-20-7-9-21(10-8-20)17-19-6-11-27-17/h1-6,11,16,23-24H,7-10,12-14H2/t16-,18+/m1/s1. The number of hydrogen-bond donors (Lipinski definition) is 2. The van der Waals surface area contributed by atoms with E-state index in [1.165, 1.54) is 16.4 Å². The van der Waals surface area contributed by atoms with E-state index >= 15 is 0 Å². The summed E-state index contributed by atoms with van der Waals surface area (Å²) < 4.78 is 26.8. The number of sulfonamides is 1. The zero-order valence-corrected chi connectivity index (χ0v) is 17.0. The van der Waals surface area contributed by atoms with Crippen molar-refractivity contribution in [3.8, 4) is 0 Å². The van der Waals surface area contributed by atoms with Gasteiger partial charge in [-0.05, 0) is 12.1 Å². The molecule has 0 bridgehead atoms. The van der Waals surface area contributed by atoms with E-state index in [-0.39, 0.29) is 24.5 Å². The van der Waals surface area contributed by atoms with Crippen LogP contribution in [0.4, 0.5) is 5.13 Å². The molecule has 28 heavy (non-hydrogen) atoms. The molecule has 4 rings (SSSR count). The first-order chi connectivity index (χ1) is 13.4. The van der Waals surface area contributed by atoms with Crippen molar-refractivity contribution >= 4 is 26.5 Å². The van der Waals surface area contributed by atoms with Crippen molar-refractivity contribution in [3.63, 3.8) is 0 Å². The Bertz CT molecular complexity index is 886. The van der Waals surface area contributed by atoms with Gasteiger partial charge in [0.05, 0.1) is 11.0 Å². The molecule has 3 heterocycles. The highest BCUT2D eigenvalue weighted by Gasteiger charge is 2.49. The van der Waals surface area contributed by atoms with Crippen LogP contribution in [0.15, 0.2) is 46.8 Å². The van der Waals surface area contributed by atoms with Crippen molar-refractivity contribution in [2.24, 2.45) is 0 Å². The Kier molecular flexibility index (Phi) is 5.43. The number of β-amino-alcohol motifs (C(OH)–C–C–N with tert-alkyl or cyclic N) is 2. The number of nitrogens with zero attached hydrogens (tertiary/aromatic N) is 4. The zero-order chi connectivity index (χ0) is 19.8. The van der Waals surface area contributed by atoms with Gasteiger partial charge >= 0.3 is 0 Å². The minimum Gasteiger partial charge on any atom is -0.389 e. The second kappa shape index (κ2) is 7.69. The molecule has 8 nitrogen and oxygen atoms in total. The molecule has 2 aliphatic rings. The third kappa shape index (κ3) is 3.80. The lowest BCUT2D eigenvalue weighted by Gasteiger charge is -2.38. The average molecular weight is 425 g/mol. The van der Waals surface area contributed by atoms with E-state index in [2.05, 4.69) is 14.8 Å². The fourth-order valence-corrected chi connectivity index (χ4v) is 6.00. The minimum absolute atomic E-state index is 0.104. The van der Waals surface area contributed by atoms with Crippen LogP contribution in [0, 0.1) is 0 Å². The van der Waals surface area contributed by atoms with Crippen LogP contribution < -0.4 is 4.90 Å². The second-order valence-corrected chi connectivity index (χ2v) is 10.1. The van der Waals surface area contributed by atoms with Gasteiger partial charge in [0, 0.05) is 57.4 Å². The van der Waals surface area contributed by atoms with Crippen LogP contribution in [-0.2, 0) is 10.0 Å². The molecule has 2 aromatic rings. The highest BCUT2D eigenvalue weighted by Crippen LogP contribution is 2.29. The van der Waals surface area contributed by atoms with Gasteiger partial charge < -0.3 is 15.1 Å².